The lowest BCUT2D eigenvalue weighted by Gasteiger charge is -2.14. The van der Waals surface area contributed by atoms with Gasteiger partial charge in [0.05, 0.1) is 34.4 Å². The second-order valence-electron chi connectivity index (χ2n) is 6.09. The number of nitro groups is 1. The number of pyridine rings is 1. The number of benzene rings is 2. The summed E-state index contributed by atoms with van der Waals surface area (Å²) in [5.41, 5.74) is 4.34. The number of hydrogen-bond donors (Lipinski definition) is 1. The smallest absolute Gasteiger partial charge is 0.313 e. The highest BCUT2D eigenvalue weighted by molar-refractivity contribution is 9.10. The number of nitrogens with one attached hydrogen (secondary N) is 1. The minimum atomic E-state index is -0.541. The Hall–Kier alpha value is -3.97. The number of halogens is 1. The summed E-state index contributed by atoms with van der Waals surface area (Å²) in [4.78, 5) is 14.4. The van der Waals surface area contributed by atoms with Gasteiger partial charge < -0.3 is 9.47 Å². The molecule has 10 heteroatoms. The molecule has 3 aromatic rings. The number of nitriles is 1. The van der Waals surface area contributed by atoms with Crippen molar-refractivity contribution < 1.29 is 14.4 Å². The van der Waals surface area contributed by atoms with E-state index in [0.717, 1.165) is 5.56 Å². The molecule has 0 aliphatic rings. The number of hydrazone groups is 1. The molecule has 0 saturated carbocycles. The van der Waals surface area contributed by atoms with Gasteiger partial charge in [0.25, 0.3) is 0 Å². The first-order valence-electron chi connectivity index (χ1n) is 8.90. The molecule has 1 N–H and O–H groups in total. The van der Waals surface area contributed by atoms with Gasteiger partial charge in [0.2, 0.25) is 5.82 Å². The molecule has 1 heterocycles. The van der Waals surface area contributed by atoms with E-state index in [1.165, 1.54) is 31.7 Å². The van der Waals surface area contributed by atoms with Crippen LogP contribution in [0.2, 0.25) is 0 Å². The maximum atomic E-state index is 11.0. The number of nitrogens with zero attached hydrogens (tertiary/aromatic N) is 4. The van der Waals surface area contributed by atoms with Crippen LogP contribution < -0.4 is 14.9 Å². The Bertz CT molecular complexity index is 1180. The molecule has 0 unspecified atom stereocenters. The van der Waals surface area contributed by atoms with Crippen LogP contribution in [0, 0.1) is 21.4 Å². The monoisotopic (exact) mass is 481 g/mol. The fourth-order valence-electron chi connectivity index (χ4n) is 2.66. The normalized spacial score (nSPS) is 10.5. The van der Waals surface area contributed by atoms with Gasteiger partial charge in [-0.05, 0) is 45.8 Å². The molecule has 0 bridgehead atoms. The van der Waals surface area contributed by atoms with Crippen molar-refractivity contribution in [2.75, 3.05) is 12.5 Å². The number of rotatable bonds is 8. The number of aromatic nitrogens is 1. The average Bonchev–Trinajstić information content (AvgIpc) is 2.78. The molecule has 0 amide bonds. The van der Waals surface area contributed by atoms with Crippen LogP contribution in [0.15, 0.2) is 64.3 Å². The maximum absolute atomic E-state index is 11.0. The predicted octanol–water partition coefficient (Wildman–Crippen LogP) is 4.66. The van der Waals surface area contributed by atoms with E-state index in [-0.39, 0.29) is 18.1 Å². The number of hydrogen-bond acceptors (Lipinski definition) is 8. The lowest BCUT2D eigenvalue weighted by molar-refractivity contribution is -0.384. The molecule has 0 fully saturated rings. The molecule has 0 atom stereocenters. The number of ether oxygens (including phenoxy) is 2. The minimum Gasteiger partial charge on any atom is -0.493 e. The van der Waals surface area contributed by atoms with Gasteiger partial charge in [-0.3, -0.25) is 15.5 Å². The van der Waals surface area contributed by atoms with Gasteiger partial charge in [0.15, 0.2) is 11.5 Å². The summed E-state index contributed by atoms with van der Waals surface area (Å²) in [5.74, 6) is 0.959. The maximum Gasteiger partial charge on any atom is 0.313 e. The lowest BCUT2D eigenvalue weighted by atomic mass is 10.1. The highest BCUT2D eigenvalue weighted by atomic mass is 79.9. The molecule has 0 radical (unpaired) electrons. The molecule has 2 aromatic carbocycles. The van der Waals surface area contributed by atoms with Crippen LogP contribution >= 0.6 is 15.9 Å². The summed E-state index contributed by atoms with van der Waals surface area (Å²) in [6, 6.07) is 15.6. The Morgan fingerprint density at radius 2 is 2.13 bits per heavy atom. The van der Waals surface area contributed by atoms with Gasteiger partial charge in [0.1, 0.15) is 6.61 Å². The molecular weight excluding hydrogens is 466 g/mol. The fourth-order valence-corrected chi connectivity index (χ4v) is 3.23. The van der Waals surface area contributed by atoms with Crippen molar-refractivity contribution in [3.05, 3.63) is 86.0 Å². The Balaban J connectivity index is 1.77. The third kappa shape index (κ3) is 5.34. The largest absolute Gasteiger partial charge is 0.493 e. The van der Waals surface area contributed by atoms with E-state index in [2.05, 4.69) is 37.5 Å². The van der Waals surface area contributed by atoms with Crippen LogP contribution in [0.25, 0.3) is 0 Å². The first-order chi connectivity index (χ1) is 15.0. The van der Waals surface area contributed by atoms with E-state index in [0.29, 0.717) is 27.1 Å². The highest BCUT2D eigenvalue weighted by Gasteiger charge is 2.14. The first-order valence-corrected chi connectivity index (χ1v) is 9.69. The van der Waals surface area contributed by atoms with Gasteiger partial charge in [-0.15, -0.1) is 0 Å². The molecule has 9 nitrogen and oxygen atoms in total. The summed E-state index contributed by atoms with van der Waals surface area (Å²) < 4.78 is 11.9. The van der Waals surface area contributed by atoms with Crippen molar-refractivity contribution >= 4 is 33.6 Å². The Kier molecular flexibility index (Phi) is 7.13. The fraction of sp³-hybridized carbons (Fsp3) is 0.0952. The second-order valence-corrected chi connectivity index (χ2v) is 6.94. The van der Waals surface area contributed by atoms with Crippen molar-refractivity contribution in [3.63, 3.8) is 0 Å². The van der Waals surface area contributed by atoms with Crippen molar-refractivity contribution in [2.45, 2.75) is 6.61 Å². The van der Waals surface area contributed by atoms with Crippen LogP contribution in [0.5, 0.6) is 11.5 Å². The quantitative estimate of drug-likeness (QED) is 0.282. The van der Waals surface area contributed by atoms with Gasteiger partial charge in [-0.2, -0.15) is 10.4 Å². The van der Waals surface area contributed by atoms with E-state index < -0.39 is 4.92 Å². The van der Waals surface area contributed by atoms with Crippen molar-refractivity contribution in [1.29, 1.82) is 5.26 Å². The third-order valence-electron chi connectivity index (χ3n) is 4.13. The predicted molar refractivity (Wildman–Crippen MR) is 118 cm³/mol. The van der Waals surface area contributed by atoms with E-state index in [1.807, 2.05) is 12.1 Å². The van der Waals surface area contributed by atoms with Gasteiger partial charge >= 0.3 is 5.69 Å². The van der Waals surface area contributed by atoms with Crippen LogP contribution in [0.3, 0.4) is 0 Å². The zero-order valence-corrected chi connectivity index (χ0v) is 17.9. The van der Waals surface area contributed by atoms with Crippen molar-refractivity contribution in [2.24, 2.45) is 5.10 Å². The van der Waals surface area contributed by atoms with Crippen LogP contribution in [0.4, 0.5) is 11.5 Å². The molecule has 0 spiro atoms. The Morgan fingerprint density at radius 3 is 2.87 bits per heavy atom. The molecule has 156 valence electrons. The standard InChI is InChI=1S/C21H16BrN5O4/c1-30-19-10-14(12-25-26-21-18(27(28)29)7-4-8-24-21)9-17(22)20(19)31-13-16-6-3-2-5-15(16)11-23/h2-10,12H,13H2,1H3,(H,24,26)/b25-12-. The summed E-state index contributed by atoms with van der Waals surface area (Å²) in [7, 11) is 1.51. The minimum absolute atomic E-state index is 0.0332. The zero-order valence-electron chi connectivity index (χ0n) is 16.3. The molecule has 0 aliphatic heterocycles. The average molecular weight is 482 g/mol. The van der Waals surface area contributed by atoms with Crippen molar-refractivity contribution in [1.82, 2.24) is 4.98 Å². The van der Waals surface area contributed by atoms with Crippen LogP contribution in [-0.2, 0) is 6.61 Å². The Morgan fingerprint density at radius 1 is 1.32 bits per heavy atom. The molecule has 0 aliphatic carbocycles. The number of anilines is 1. The highest BCUT2D eigenvalue weighted by Crippen LogP contribution is 2.37. The van der Waals surface area contributed by atoms with Crippen LogP contribution in [-0.4, -0.2) is 23.2 Å². The molecule has 3 rings (SSSR count). The van der Waals surface area contributed by atoms with E-state index in [4.69, 9.17) is 9.47 Å². The second kappa shape index (κ2) is 10.2. The topological polar surface area (TPSA) is 123 Å². The molecule has 31 heavy (non-hydrogen) atoms. The van der Waals surface area contributed by atoms with Gasteiger partial charge in [-0.25, -0.2) is 4.98 Å². The first kappa shape index (κ1) is 21.7. The zero-order chi connectivity index (χ0) is 22.2. The van der Waals surface area contributed by atoms with Crippen molar-refractivity contribution in [3.8, 4) is 17.6 Å². The summed E-state index contributed by atoms with van der Waals surface area (Å²) in [5, 5.41) is 24.3. The summed E-state index contributed by atoms with van der Waals surface area (Å²) in [6.07, 6.45) is 2.90. The SMILES string of the molecule is COc1cc(/C=N\Nc2ncccc2[N+](=O)[O-])cc(Br)c1OCc1ccccc1C#N. The van der Waals surface area contributed by atoms with E-state index in [9.17, 15) is 15.4 Å². The summed E-state index contributed by atoms with van der Waals surface area (Å²) in [6.45, 7) is 0.191. The number of methoxy groups -OCH3 is 1. The lowest BCUT2D eigenvalue weighted by Crippen LogP contribution is -2.02. The molecular formula is C21H16BrN5O4. The van der Waals surface area contributed by atoms with Crippen LogP contribution in [0.1, 0.15) is 16.7 Å². The van der Waals surface area contributed by atoms with Gasteiger partial charge in [-0.1, -0.05) is 18.2 Å². The Labute approximate surface area is 186 Å². The van der Waals surface area contributed by atoms with E-state index in [1.54, 1.807) is 24.3 Å². The molecule has 0 saturated heterocycles. The van der Waals surface area contributed by atoms with Gasteiger partial charge in [0, 0.05) is 17.8 Å². The molecule has 1 aromatic heterocycles. The third-order valence-corrected chi connectivity index (χ3v) is 4.72. The summed E-state index contributed by atoms with van der Waals surface area (Å²) >= 11 is 3.46. The van der Waals surface area contributed by atoms with E-state index >= 15 is 0 Å².